The summed E-state index contributed by atoms with van der Waals surface area (Å²) in [5.74, 6) is 0.512. The van der Waals surface area contributed by atoms with Gasteiger partial charge in [-0.1, -0.05) is 26.7 Å². The van der Waals surface area contributed by atoms with E-state index in [1.807, 2.05) is 20.8 Å². The van der Waals surface area contributed by atoms with Crippen LogP contribution in [0.15, 0.2) is 0 Å². The van der Waals surface area contributed by atoms with E-state index in [1.54, 1.807) is 0 Å². The molecule has 110 valence electrons. The van der Waals surface area contributed by atoms with Crippen LogP contribution in [0.1, 0.15) is 54.4 Å². The molecule has 1 atom stereocenters. The van der Waals surface area contributed by atoms with Crippen molar-refractivity contribution in [1.29, 1.82) is 0 Å². The normalized spacial score (nSPS) is 14.2. The van der Waals surface area contributed by atoms with E-state index in [4.69, 9.17) is 17.7 Å². The minimum absolute atomic E-state index is 0.0938. The molecule has 0 aliphatic rings. The van der Waals surface area contributed by atoms with Crippen molar-refractivity contribution in [2.45, 2.75) is 60.5 Å². The molecule has 0 fully saturated rings. The maximum atomic E-state index is 6.08. The Bertz CT molecular complexity index is 180. The summed E-state index contributed by atoms with van der Waals surface area (Å²) >= 11 is 0. The Morgan fingerprint density at radius 2 is 1.17 bits per heavy atom. The van der Waals surface area contributed by atoms with Gasteiger partial charge in [-0.15, -0.1) is 0 Å². The van der Waals surface area contributed by atoms with Gasteiger partial charge in [-0.2, -0.15) is 0 Å². The Morgan fingerprint density at radius 3 is 1.44 bits per heavy atom. The van der Waals surface area contributed by atoms with Crippen LogP contribution in [0.2, 0.25) is 0 Å². The predicted octanol–water partition coefficient (Wildman–Crippen LogP) is 3.37. The first-order valence-corrected chi connectivity index (χ1v) is 8.81. The molecule has 0 radical (unpaired) electrons. The van der Waals surface area contributed by atoms with Crippen LogP contribution in [0, 0.1) is 5.92 Å². The Balaban J connectivity index is 4.72. The van der Waals surface area contributed by atoms with Crippen LogP contribution in [0.25, 0.3) is 0 Å². The lowest BCUT2D eigenvalue weighted by atomic mass is 9.98. The summed E-state index contributed by atoms with van der Waals surface area (Å²) in [6.45, 7) is 13.9. The zero-order valence-corrected chi connectivity index (χ0v) is 13.8. The second-order valence-corrected chi connectivity index (χ2v) is 6.30. The quantitative estimate of drug-likeness (QED) is 0.543. The van der Waals surface area contributed by atoms with Crippen molar-refractivity contribution in [3.8, 4) is 0 Å². The average molecular weight is 278 g/mol. The zero-order chi connectivity index (χ0) is 14.0. The molecule has 18 heavy (non-hydrogen) atoms. The highest BCUT2D eigenvalue weighted by atomic mass is 28.4. The summed E-state index contributed by atoms with van der Waals surface area (Å²) in [5, 5.41) is 0. The lowest BCUT2D eigenvalue weighted by Crippen LogP contribution is -2.52. The fraction of sp³-hybridized carbons (Fsp3) is 1.00. The Hall–Kier alpha value is 0.0569. The van der Waals surface area contributed by atoms with Gasteiger partial charge < -0.3 is 17.7 Å². The Kier molecular flexibility index (Phi) is 9.95. The van der Waals surface area contributed by atoms with E-state index in [0.717, 1.165) is 12.8 Å². The minimum atomic E-state index is -2.95. The molecule has 0 aliphatic carbocycles. The van der Waals surface area contributed by atoms with Crippen molar-refractivity contribution >= 4 is 9.05 Å². The second kappa shape index (κ2) is 9.92. The molecule has 0 bridgehead atoms. The molecule has 0 aromatic carbocycles. The van der Waals surface area contributed by atoms with Gasteiger partial charge >= 0.3 is 9.05 Å². The lowest BCUT2D eigenvalue weighted by molar-refractivity contribution is -0.0591. The van der Waals surface area contributed by atoms with E-state index in [0.29, 0.717) is 25.7 Å². The van der Waals surface area contributed by atoms with Crippen molar-refractivity contribution in [3.05, 3.63) is 0 Å². The fourth-order valence-electron chi connectivity index (χ4n) is 2.03. The topological polar surface area (TPSA) is 36.9 Å². The SMILES string of the molecule is CCO[Si](OCC)(OCC)OC(C)C(CC)CC. The van der Waals surface area contributed by atoms with Crippen LogP contribution in [-0.2, 0) is 17.7 Å². The fourth-order valence-corrected chi connectivity index (χ4v) is 4.20. The summed E-state index contributed by atoms with van der Waals surface area (Å²) in [5.41, 5.74) is 0. The van der Waals surface area contributed by atoms with Crippen molar-refractivity contribution in [2.75, 3.05) is 19.8 Å². The van der Waals surface area contributed by atoms with Crippen LogP contribution in [0.3, 0.4) is 0 Å². The molecular formula is C13H30O4Si. The van der Waals surface area contributed by atoms with E-state index < -0.39 is 9.05 Å². The highest BCUT2D eigenvalue weighted by Gasteiger charge is 2.47. The standard InChI is InChI=1S/C13H30O4Si/c1-7-13(8-2)12(6)17-18(14-9-3,15-10-4)16-11-5/h12-13H,7-11H2,1-6H3. The van der Waals surface area contributed by atoms with Crippen LogP contribution >= 0.6 is 0 Å². The summed E-state index contributed by atoms with van der Waals surface area (Å²) < 4.78 is 23.2. The van der Waals surface area contributed by atoms with Crippen LogP contribution in [0.5, 0.6) is 0 Å². The highest BCUT2D eigenvalue weighted by Crippen LogP contribution is 2.22. The van der Waals surface area contributed by atoms with Gasteiger partial charge in [0.15, 0.2) is 0 Å². The molecule has 0 rings (SSSR count). The maximum absolute atomic E-state index is 6.08. The van der Waals surface area contributed by atoms with Crippen molar-refractivity contribution in [1.82, 2.24) is 0 Å². The van der Waals surface area contributed by atoms with Gasteiger partial charge in [0.05, 0.1) is 6.10 Å². The molecule has 0 aromatic rings. The van der Waals surface area contributed by atoms with Crippen LogP contribution in [0.4, 0.5) is 0 Å². The van der Waals surface area contributed by atoms with Gasteiger partial charge in [0.1, 0.15) is 0 Å². The second-order valence-electron chi connectivity index (χ2n) is 4.20. The minimum Gasteiger partial charge on any atom is -0.351 e. The van der Waals surface area contributed by atoms with Gasteiger partial charge in [-0.05, 0) is 33.6 Å². The molecule has 0 aromatic heterocycles. The molecule has 0 saturated carbocycles. The average Bonchev–Trinajstić information content (AvgIpc) is 2.31. The lowest BCUT2D eigenvalue weighted by Gasteiger charge is -2.32. The highest BCUT2D eigenvalue weighted by molar-refractivity contribution is 6.53. The van der Waals surface area contributed by atoms with Gasteiger partial charge in [0, 0.05) is 19.8 Å². The van der Waals surface area contributed by atoms with E-state index >= 15 is 0 Å². The zero-order valence-electron chi connectivity index (χ0n) is 12.8. The molecule has 4 nitrogen and oxygen atoms in total. The summed E-state index contributed by atoms with van der Waals surface area (Å²) in [6.07, 6.45) is 2.27. The van der Waals surface area contributed by atoms with Crippen molar-refractivity contribution in [2.24, 2.45) is 5.92 Å². The molecule has 0 heterocycles. The monoisotopic (exact) mass is 278 g/mol. The first-order chi connectivity index (χ1) is 8.59. The van der Waals surface area contributed by atoms with Crippen molar-refractivity contribution in [3.63, 3.8) is 0 Å². The first-order valence-electron chi connectivity index (χ1n) is 7.18. The number of rotatable bonds is 11. The molecule has 5 heteroatoms. The summed E-state index contributed by atoms with van der Waals surface area (Å²) in [7, 11) is -2.95. The molecule has 0 aliphatic heterocycles. The molecule has 1 unspecified atom stereocenters. The number of hydrogen-bond donors (Lipinski definition) is 0. The van der Waals surface area contributed by atoms with Gasteiger partial charge in [-0.25, -0.2) is 0 Å². The number of hydrogen-bond acceptors (Lipinski definition) is 4. The largest absolute Gasteiger partial charge is 0.679 e. The summed E-state index contributed by atoms with van der Waals surface area (Å²) in [6, 6.07) is 0. The summed E-state index contributed by atoms with van der Waals surface area (Å²) in [4.78, 5) is 0. The van der Waals surface area contributed by atoms with Crippen LogP contribution < -0.4 is 0 Å². The van der Waals surface area contributed by atoms with Gasteiger partial charge in [0.25, 0.3) is 0 Å². The van der Waals surface area contributed by atoms with E-state index in [2.05, 4.69) is 20.8 Å². The predicted molar refractivity (Wildman–Crippen MR) is 75.3 cm³/mol. The van der Waals surface area contributed by atoms with Crippen molar-refractivity contribution < 1.29 is 17.7 Å². The van der Waals surface area contributed by atoms with Gasteiger partial charge in [0.2, 0.25) is 0 Å². The molecule has 0 saturated heterocycles. The smallest absolute Gasteiger partial charge is 0.351 e. The Labute approximate surface area is 113 Å². The third-order valence-electron chi connectivity index (χ3n) is 3.01. The van der Waals surface area contributed by atoms with Crippen LogP contribution in [-0.4, -0.2) is 35.0 Å². The molecule has 0 spiro atoms. The molecular weight excluding hydrogens is 248 g/mol. The molecule has 0 N–H and O–H groups in total. The Morgan fingerprint density at radius 1 is 0.778 bits per heavy atom. The van der Waals surface area contributed by atoms with Gasteiger partial charge in [-0.3, -0.25) is 0 Å². The first kappa shape index (κ1) is 18.1. The van der Waals surface area contributed by atoms with E-state index in [9.17, 15) is 0 Å². The third-order valence-corrected chi connectivity index (χ3v) is 5.59. The third kappa shape index (κ3) is 5.80. The molecule has 0 amide bonds. The van der Waals surface area contributed by atoms with E-state index in [-0.39, 0.29) is 6.10 Å². The maximum Gasteiger partial charge on any atom is 0.679 e. The van der Waals surface area contributed by atoms with E-state index in [1.165, 1.54) is 0 Å².